The second-order valence-electron chi connectivity index (χ2n) is 5.83. The van der Waals surface area contributed by atoms with E-state index >= 15 is 0 Å². The van der Waals surface area contributed by atoms with E-state index < -0.39 is 5.97 Å². The lowest BCUT2D eigenvalue weighted by atomic mass is 10.0. The molecule has 0 spiro atoms. The third-order valence-corrected chi connectivity index (χ3v) is 4.42. The number of carboxylic acids is 1. The van der Waals surface area contributed by atoms with Gasteiger partial charge in [0.2, 0.25) is 5.91 Å². The lowest BCUT2D eigenvalue weighted by molar-refractivity contribution is -0.143. The van der Waals surface area contributed by atoms with Crippen molar-refractivity contribution in [2.75, 3.05) is 32.7 Å². The number of hydrogen-bond acceptors (Lipinski definition) is 4. The molecule has 0 bridgehead atoms. The minimum atomic E-state index is -0.696. The molecule has 1 amide bonds. The van der Waals surface area contributed by atoms with Gasteiger partial charge in [-0.15, -0.1) is 6.58 Å². The maximum absolute atomic E-state index is 11.7. The van der Waals surface area contributed by atoms with E-state index in [4.69, 9.17) is 0 Å². The largest absolute Gasteiger partial charge is 0.480 e. The molecule has 2 fully saturated rings. The lowest BCUT2D eigenvalue weighted by Crippen LogP contribution is -2.50. The molecule has 6 heteroatoms. The van der Waals surface area contributed by atoms with Crippen LogP contribution in [0.3, 0.4) is 0 Å². The van der Waals surface area contributed by atoms with Crippen LogP contribution >= 0.6 is 0 Å². The average Bonchev–Trinajstić information content (AvgIpc) is 2.95. The molecule has 21 heavy (non-hydrogen) atoms. The first kappa shape index (κ1) is 16.0. The summed E-state index contributed by atoms with van der Waals surface area (Å²) in [6.07, 6.45) is 5.29. The minimum absolute atomic E-state index is 0.0259. The molecule has 0 aromatic carbocycles. The molecule has 2 aliphatic heterocycles. The first-order chi connectivity index (χ1) is 10.1. The SMILES string of the molecule is C=CCNC(=O)CN1CCC(N2CCCC2C(=O)O)CC1. The third-order valence-electron chi connectivity index (χ3n) is 4.42. The number of amides is 1. The minimum Gasteiger partial charge on any atom is -0.480 e. The van der Waals surface area contributed by atoms with E-state index in [1.54, 1.807) is 6.08 Å². The number of carbonyl (C=O) groups excluding carboxylic acids is 1. The van der Waals surface area contributed by atoms with Crippen LogP contribution in [0.2, 0.25) is 0 Å². The van der Waals surface area contributed by atoms with E-state index in [1.807, 2.05) is 0 Å². The molecule has 2 heterocycles. The zero-order chi connectivity index (χ0) is 15.2. The van der Waals surface area contributed by atoms with Gasteiger partial charge in [0.15, 0.2) is 0 Å². The Morgan fingerprint density at radius 3 is 2.57 bits per heavy atom. The third kappa shape index (κ3) is 4.28. The Balaban J connectivity index is 1.76. The molecular formula is C15H25N3O3. The summed E-state index contributed by atoms with van der Waals surface area (Å²) in [4.78, 5) is 27.2. The van der Waals surface area contributed by atoms with Crippen LogP contribution in [0, 0.1) is 0 Å². The predicted molar refractivity (Wildman–Crippen MR) is 80.0 cm³/mol. The standard InChI is InChI=1S/C15H25N3O3/c1-2-7-16-14(19)11-17-9-5-12(6-10-17)18-8-3-4-13(18)15(20)21/h2,12-13H,1,3-11H2,(H,16,19)(H,20,21). The van der Waals surface area contributed by atoms with Crippen LogP contribution in [0.15, 0.2) is 12.7 Å². The normalized spacial score (nSPS) is 24.9. The van der Waals surface area contributed by atoms with Gasteiger partial charge in [0.05, 0.1) is 6.54 Å². The maximum atomic E-state index is 11.7. The van der Waals surface area contributed by atoms with Gasteiger partial charge in [0.25, 0.3) is 0 Å². The number of carbonyl (C=O) groups is 2. The Morgan fingerprint density at radius 2 is 1.95 bits per heavy atom. The van der Waals surface area contributed by atoms with Crippen molar-refractivity contribution in [3.63, 3.8) is 0 Å². The number of nitrogens with zero attached hydrogens (tertiary/aromatic N) is 2. The van der Waals surface area contributed by atoms with Gasteiger partial charge in [-0.3, -0.25) is 19.4 Å². The number of rotatable bonds is 6. The molecule has 118 valence electrons. The van der Waals surface area contributed by atoms with Gasteiger partial charge in [-0.1, -0.05) is 6.08 Å². The smallest absolute Gasteiger partial charge is 0.320 e. The van der Waals surface area contributed by atoms with Gasteiger partial charge in [0.1, 0.15) is 6.04 Å². The molecule has 0 radical (unpaired) electrons. The van der Waals surface area contributed by atoms with E-state index in [0.717, 1.165) is 45.3 Å². The Morgan fingerprint density at radius 1 is 1.24 bits per heavy atom. The Kier molecular flexibility index (Phi) is 5.76. The summed E-state index contributed by atoms with van der Waals surface area (Å²) in [5.41, 5.74) is 0. The monoisotopic (exact) mass is 295 g/mol. The summed E-state index contributed by atoms with van der Waals surface area (Å²) in [5.74, 6) is -0.670. The van der Waals surface area contributed by atoms with Crippen molar-refractivity contribution in [1.82, 2.24) is 15.1 Å². The molecule has 6 nitrogen and oxygen atoms in total. The van der Waals surface area contributed by atoms with Crippen molar-refractivity contribution in [3.05, 3.63) is 12.7 Å². The molecule has 0 aromatic rings. The molecule has 1 atom stereocenters. The fraction of sp³-hybridized carbons (Fsp3) is 0.733. The van der Waals surface area contributed by atoms with E-state index in [2.05, 4.69) is 21.7 Å². The van der Waals surface area contributed by atoms with E-state index in [0.29, 0.717) is 19.1 Å². The second-order valence-corrected chi connectivity index (χ2v) is 5.83. The lowest BCUT2D eigenvalue weighted by Gasteiger charge is -2.38. The Hall–Kier alpha value is -1.40. The zero-order valence-corrected chi connectivity index (χ0v) is 12.5. The number of hydrogen-bond donors (Lipinski definition) is 2. The maximum Gasteiger partial charge on any atom is 0.320 e. The number of aliphatic carboxylic acids is 1. The summed E-state index contributed by atoms with van der Waals surface area (Å²) < 4.78 is 0. The van der Waals surface area contributed by atoms with Gasteiger partial charge >= 0.3 is 5.97 Å². The number of carboxylic acid groups (broad SMARTS) is 1. The number of likely N-dealkylation sites (tertiary alicyclic amines) is 2. The Labute approximate surface area is 125 Å². The topological polar surface area (TPSA) is 72.9 Å². The average molecular weight is 295 g/mol. The quantitative estimate of drug-likeness (QED) is 0.690. The highest BCUT2D eigenvalue weighted by Crippen LogP contribution is 2.26. The van der Waals surface area contributed by atoms with Gasteiger partial charge in [-0.2, -0.15) is 0 Å². The van der Waals surface area contributed by atoms with Gasteiger partial charge in [-0.05, 0) is 32.2 Å². The van der Waals surface area contributed by atoms with Crippen LogP contribution in [0.4, 0.5) is 0 Å². The summed E-state index contributed by atoms with van der Waals surface area (Å²) in [7, 11) is 0. The van der Waals surface area contributed by atoms with Crippen molar-refractivity contribution in [3.8, 4) is 0 Å². The first-order valence-electron chi connectivity index (χ1n) is 7.70. The summed E-state index contributed by atoms with van der Waals surface area (Å²) in [6.45, 7) is 7.10. The predicted octanol–water partition coefficient (Wildman–Crippen LogP) is 0.302. The van der Waals surface area contributed by atoms with Crippen LogP contribution in [-0.2, 0) is 9.59 Å². The fourth-order valence-electron chi connectivity index (χ4n) is 3.35. The van der Waals surface area contributed by atoms with E-state index in [-0.39, 0.29) is 11.9 Å². The molecule has 0 saturated carbocycles. The summed E-state index contributed by atoms with van der Waals surface area (Å²) in [5, 5.41) is 12.0. The molecule has 2 rings (SSSR count). The first-order valence-corrected chi connectivity index (χ1v) is 7.70. The number of piperidine rings is 1. The summed E-state index contributed by atoms with van der Waals surface area (Å²) in [6, 6.07) is 0.0403. The number of nitrogens with one attached hydrogen (secondary N) is 1. The molecule has 2 N–H and O–H groups in total. The van der Waals surface area contributed by atoms with Crippen LogP contribution < -0.4 is 5.32 Å². The van der Waals surface area contributed by atoms with Crippen molar-refractivity contribution < 1.29 is 14.7 Å². The van der Waals surface area contributed by atoms with Gasteiger partial charge < -0.3 is 10.4 Å². The molecular weight excluding hydrogens is 270 g/mol. The molecule has 1 unspecified atom stereocenters. The molecule has 2 saturated heterocycles. The second kappa shape index (κ2) is 7.56. The van der Waals surface area contributed by atoms with Gasteiger partial charge in [-0.25, -0.2) is 0 Å². The van der Waals surface area contributed by atoms with Gasteiger partial charge in [0, 0.05) is 25.7 Å². The highest BCUT2D eigenvalue weighted by Gasteiger charge is 2.36. The summed E-state index contributed by atoms with van der Waals surface area (Å²) >= 11 is 0. The van der Waals surface area contributed by atoms with E-state index in [9.17, 15) is 14.7 Å². The zero-order valence-electron chi connectivity index (χ0n) is 12.5. The van der Waals surface area contributed by atoms with Crippen LogP contribution in [0.25, 0.3) is 0 Å². The highest BCUT2D eigenvalue weighted by molar-refractivity contribution is 5.78. The van der Waals surface area contributed by atoms with Crippen LogP contribution in [-0.4, -0.2) is 71.6 Å². The van der Waals surface area contributed by atoms with Crippen molar-refractivity contribution in [1.29, 1.82) is 0 Å². The highest BCUT2D eigenvalue weighted by atomic mass is 16.4. The molecule has 0 aliphatic carbocycles. The van der Waals surface area contributed by atoms with Crippen molar-refractivity contribution in [2.24, 2.45) is 0 Å². The van der Waals surface area contributed by atoms with Crippen molar-refractivity contribution in [2.45, 2.75) is 37.8 Å². The molecule has 0 aromatic heterocycles. The Bertz CT molecular complexity index is 392. The van der Waals surface area contributed by atoms with Crippen molar-refractivity contribution >= 4 is 11.9 Å². The molecule has 2 aliphatic rings. The fourth-order valence-corrected chi connectivity index (χ4v) is 3.35. The van der Waals surface area contributed by atoms with Crippen LogP contribution in [0.1, 0.15) is 25.7 Å². The van der Waals surface area contributed by atoms with Crippen LogP contribution in [0.5, 0.6) is 0 Å². The van der Waals surface area contributed by atoms with E-state index in [1.165, 1.54) is 0 Å².